The van der Waals surface area contributed by atoms with E-state index >= 15 is 0 Å². The quantitative estimate of drug-likeness (QED) is 0.682. The smallest absolute Gasteiger partial charge is 0.317 e. The minimum atomic E-state index is -0.788. The molecule has 1 atom stereocenters. The standard InChI is InChI=1S/C20H31N3O4/c1-4-23(14-20(25)26)16-9-11-22(12-10-16)13-19(24)21-15(2)17-7-5-6-8-18(17)27-3/h5-8,15-16H,4,9-14H2,1-3H3,(H,21,24)(H,25,26). The normalized spacial score (nSPS) is 16.9. The third kappa shape index (κ3) is 6.22. The molecule has 2 rings (SSSR count). The summed E-state index contributed by atoms with van der Waals surface area (Å²) in [7, 11) is 1.63. The summed E-state index contributed by atoms with van der Waals surface area (Å²) >= 11 is 0. The first-order valence-electron chi connectivity index (χ1n) is 9.55. The Bertz CT molecular complexity index is 629. The molecule has 2 N–H and O–H groups in total. The molecule has 1 aliphatic heterocycles. The molecule has 0 radical (unpaired) electrons. The van der Waals surface area contributed by atoms with Crippen LogP contribution in [0, 0.1) is 0 Å². The van der Waals surface area contributed by atoms with Gasteiger partial charge in [-0.25, -0.2) is 0 Å². The molecule has 1 heterocycles. The van der Waals surface area contributed by atoms with E-state index in [0.717, 1.165) is 43.8 Å². The van der Waals surface area contributed by atoms with Gasteiger partial charge in [-0.3, -0.25) is 19.4 Å². The van der Waals surface area contributed by atoms with Gasteiger partial charge in [-0.15, -0.1) is 0 Å². The zero-order valence-corrected chi connectivity index (χ0v) is 16.5. The lowest BCUT2D eigenvalue weighted by Gasteiger charge is -2.37. The predicted octanol–water partition coefficient (Wildman–Crippen LogP) is 1.74. The summed E-state index contributed by atoms with van der Waals surface area (Å²) < 4.78 is 5.36. The monoisotopic (exact) mass is 377 g/mol. The molecule has 1 saturated heterocycles. The van der Waals surface area contributed by atoms with Crippen molar-refractivity contribution in [3.63, 3.8) is 0 Å². The van der Waals surface area contributed by atoms with Crippen molar-refractivity contribution >= 4 is 11.9 Å². The van der Waals surface area contributed by atoms with Crippen LogP contribution in [0.2, 0.25) is 0 Å². The van der Waals surface area contributed by atoms with Gasteiger partial charge in [0.1, 0.15) is 5.75 Å². The SMILES string of the molecule is CCN(CC(=O)O)C1CCN(CC(=O)NC(C)c2ccccc2OC)CC1. The van der Waals surface area contributed by atoms with E-state index < -0.39 is 5.97 Å². The maximum absolute atomic E-state index is 12.4. The molecule has 0 aliphatic carbocycles. The van der Waals surface area contributed by atoms with Gasteiger partial charge >= 0.3 is 5.97 Å². The number of amides is 1. The average Bonchev–Trinajstić information content (AvgIpc) is 2.66. The number of methoxy groups -OCH3 is 1. The second-order valence-corrected chi connectivity index (χ2v) is 7.00. The number of hydrogen-bond acceptors (Lipinski definition) is 5. The van der Waals surface area contributed by atoms with Gasteiger partial charge in [0.25, 0.3) is 0 Å². The number of nitrogens with zero attached hydrogens (tertiary/aromatic N) is 2. The second-order valence-electron chi connectivity index (χ2n) is 7.00. The molecule has 1 fully saturated rings. The van der Waals surface area contributed by atoms with E-state index in [1.807, 2.05) is 43.0 Å². The minimum Gasteiger partial charge on any atom is -0.496 e. The van der Waals surface area contributed by atoms with Crippen LogP contribution in [0.4, 0.5) is 0 Å². The molecule has 7 heteroatoms. The maximum atomic E-state index is 12.4. The minimum absolute atomic E-state index is 0.00950. The number of carbonyl (C=O) groups is 2. The number of para-hydroxylation sites is 1. The Labute approximate surface area is 161 Å². The van der Waals surface area contributed by atoms with Gasteiger partial charge < -0.3 is 15.2 Å². The first-order chi connectivity index (χ1) is 12.9. The zero-order valence-electron chi connectivity index (χ0n) is 16.5. The Hall–Kier alpha value is -2.12. The predicted molar refractivity (Wildman–Crippen MR) is 104 cm³/mol. The first-order valence-corrected chi connectivity index (χ1v) is 9.55. The summed E-state index contributed by atoms with van der Waals surface area (Å²) in [6.07, 6.45) is 1.77. The molecule has 0 bridgehead atoms. The van der Waals surface area contributed by atoms with Gasteiger partial charge in [-0.05, 0) is 32.4 Å². The van der Waals surface area contributed by atoms with Crippen molar-refractivity contribution in [2.24, 2.45) is 0 Å². The zero-order chi connectivity index (χ0) is 19.8. The molecule has 7 nitrogen and oxygen atoms in total. The number of carbonyl (C=O) groups excluding carboxylic acids is 1. The highest BCUT2D eigenvalue weighted by molar-refractivity contribution is 5.78. The number of piperidine rings is 1. The number of carboxylic acid groups (broad SMARTS) is 1. The highest BCUT2D eigenvalue weighted by Crippen LogP contribution is 2.24. The van der Waals surface area contributed by atoms with Gasteiger partial charge in [-0.1, -0.05) is 25.1 Å². The molecule has 1 aromatic carbocycles. The molecule has 27 heavy (non-hydrogen) atoms. The molecule has 1 aliphatic rings. The fourth-order valence-corrected chi connectivity index (χ4v) is 3.71. The molecule has 0 saturated carbocycles. The van der Waals surface area contributed by atoms with Crippen molar-refractivity contribution in [1.82, 2.24) is 15.1 Å². The third-order valence-corrected chi connectivity index (χ3v) is 5.17. The molecular formula is C20H31N3O4. The summed E-state index contributed by atoms with van der Waals surface area (Å²) in [5, 5.41) is 12.1. The van der Waals surface area contributed by atoms with Crippen LogP contribution in [0.5, 0.6) is 5.75 Å². The first kappa shape index (κ1) is 21.2. The fraction of sp³-hybridized carbons (Fsp3) is 0.600. The lowest BCUT2D eigenvalue weighted by Crippen LogP contribution is -2.48. The van der Waals surface area contributed by atoms with E-state index in [2.05, 4.69) is 10.2 Å². The second kappa shape index (κ2) is 10.3. The number of likely N-dealkylation sites (tertiary alicyclic amines) is 1. The van der Waals surface area contributed by atoms with Crippen LogP contribution in [0.1, 0.15) is 38.3 Å². The van der Waals surface area contributed by atoms with Crippen molar-refractivity contribution < 1.29 is 19.4 Å². The summed E-state index contributed by atoms with van der Waals surface area (Å²) in [6, 6.07) is 7.83. The van der Waals surface area contributed by atoms with Gasteiger partial charge in [0, 0.05) is 24.7 Å². The van der Waals surface area contributed by atoms with Crippen molar-refractivity contribution in [3.8, 4) is 5.75 Å². The number of carboxylic acids is 1. The Morgan fingerprint density at radius 2 is 2.00 bits per heavy atom. The maximum Gasteiger partial charge on any atom is 0.317 e. The summed E-state index contributed by atoms with van der Waals surface area (Å²) in [6.45, 7) is 6.72. The number of hydrogen-bond donors (Lipinski definition) is 2. The molecule has 150 valence electrons. The van der Waals surface area contributed by atoms with E-state index in [4.69, 9.17) is 9.84 Å². The summed E-state index contributed by atoms with van der Waals surface area (Å²) in [5.41, 5.74) is 0.958. The van der Waals surface area contributed by atoms with E-state index in [9.17, 15) is 9.59 Å². The van der Waals surface area contributed by atoms with Gasteiger partial charge in [0.05, 0.1) is 26.2 Å². The number of ether oxygens (including phenoxy) is 1. The van der Waals surface area contributed by atoms with Crippen molar-refractivity contribution in [2.75, 3.05) is 39.8 Å². The topological polar surface area (TPSA) is 82.1 Å². The highest BCUT2D eigenvalue weighted by Gasteiger charge is 2.26. The summed E-state index contributed by atoms with van der Waals surface area (Å²) in [5.74, 6) is -0.0297. The van der Waals surface area contributed by atoms with Crippen molar-refractivity contribution in [3.05, 3.63) is 29.8 Å². The Kier molecular flexibility index (Phi) is 8.06. The average molecular weight is 377 g/mol. The van der Waals surface area contributed by atoms with Crippen LogP contribution >= 0.6 is 0 Å². The van der Waals surface area contributed by atoms with Crippen LogP contribution in [0.25, 0.3) is 0 Å². The van der Waals surface area contributed by atoms with E-state index in [-0.39, 0.29) is 24.5 Å². The molecule has 1 aromatic rings. The van der Waals surface area contributed by atoms with Gasteiger partial charge in [0.15, 0.2) is 0 Å². The number of rotatable bonds is 9. The molecule has 1 unspecified atom stereocenters. The van der Waals surface area contributed by atoms with Gasteiger partial charge in [-0.2, -0.15) is 0 Å². The van der Waals surface area contributed by atoms with Gasteiger partial charge in [0.2, 0.25) is 5.91 Å². The van der Waals surface area contributed by atoms with Crippen molar-refractivity contribution in [1.29, 1.82) is 0 Å². The summed E-state index contributed by atoms with van der Waals surface area (Å²) in [4.78, 5) is 27.5. The Balaban J connectivity index is 1.81. The van der Waals surface area contributed by atoms with E-state index in [1.165, 1.54) is 0 Å². The third-order valence-electron chi connectivity index (χ3n) is 5.17. The number of benzene rings is 1. The number of likely N-dealkylation sites (N-methyl/N-ethyl adjacent to an activating group) is 1. The molecule has 1 amide bonds. The fourth-order valence-electron chi connectivity index (χ4n) is 3.71. The van der Waals surface area contributed by atoms with Crippen molar-refractivity contribution in [2.45, 2.75) is 38.8 Å². The van der Waals surface area contributed by atoms with Crippen LogP contribution in [0.3, 0.4) is 0 Å². The van der Waals surface area contributed by atoms with Crippen LogP contribution in [-0.2, 0) is 9.59 Å². The van der Waals surface area contributed by atoms with Crippen LogP contribution in [-0.4, -0.2) is 72.7 Å². The Morgan fingerprint density at radius 3 is 2.59 bits per heavy atom. The largest absolute Gasteiger partial charge is 0.496 e. The lowest BCUT2D eigenvalue weighted by atomic mass is 10.0. The Morgan fingerprint density at radius 1 is 1.33 bits per heavy atom. The lowest BCUT2D eigenvalue weighted by molar-refractivity contribution is -0.139. The highest BCUT2D eigenvalue weighted by atomic mass is 16.5. The number of aliphatic carboxylic acids is 1. The van der Waals surface area contributed by atoms with E-state index in [1.54, 1.807) is 7.11 Å². The molecular weight excluding hydrogens is 346 g/mol. The van der Waals surface area contributed by atoms with Crippen LogP contribution in [0.15, 0.2) is 24.3 Å². The van der Waals surface area contributed by atoms with E-state index in [0.29, 0.717) is 6.54 Å². The van der Waals surface area contributed by atoms with Crippen LogP contribution < -0.4 is 10.1 Å². The molecule has 0 spiro atoms. The molecule has 0 aromatic heterocycles. The number of nitrogens with one attached hydrogen (secondary N) is 1.